The molecular formula is C19H21Cl2N3O3S. The number of anilines is 2. The van der Waals surface area contributed by atoms with Gasteiger partial charge in [0.05, 0.1) is 17.0 Å². The van der Waals surface area contributed by atoms with E-state index in [1.54, 1.807) is 11.0 Å². The highest BCUT2D eigenvalue weighted by Gasteiger charge is 2.23. The second-order valence-corrected chi connectivity index (χ2v) is 9.37. The molecule has 150 valence electrons. The Hall–Kier alpha value is -1.96. The first-order valence-corrected chi connectivity index (χ1v) is 11.4. The molecule has 1 N–H and O–H groups in total. The second-order valence-electron chi connectivity index (χ2n) is 6.78. The molecule has 0 atom stereocenters. The van der Waals surface area contributed by atoms with Crippen molar-refractivity contribution in [2.24, 2.45) is 0 Å². The molecule has 3 rings (SSSR count). The van der Waals surface area contributed by atoms with E-state index in [4.69, 9.17) is 23.2 Å². The second kappa shape index (κ2) is 8.19. The highest BCUT2D eigenvalue weighted by Crippen LogP contribution is 2.27. The van der Waals surface area contributed by atoms with Crippen LogP contribution in [0.4, 0.5) is 11.4 Å². The van der Waals surface area contributed by atoms with E-state index in [1.807, 2.05) is 25.1 Å². The van der Waals surface area contributed by atoms with Gasteiger partial charge in [-0.2, -0.15) is 0 Å². The molecule has 2 aromatic carbocycles. The lowest BCUT2D eigenvalue weighted by Crippen LogP contribution is -2.49. The van der Waals surface area contributed by atoms with Crippen LogP contribution in [0.3, 0.4) is 0 Å². The molecule has 0 aromatic heterocycles. The van der Waals surface area contributed by atoms with Crippen LogP contribution in [0, 0.1) is 6.92 Å². The van der Waals surface area contributed by atoms with Crippen molar-refractivity contribution in [3.05, 3.63) is 57.6 Å². The minimum Gasteiger partial charge on any atom is -0.368 e. The zero-order valence-corrected chi connectivity index (χ0v) is 17.9. The minimum atomic E-state index is -3.44. The fraction of sp³-hybridized carbons (Fsp3) is 0.316. The Bertz CT molecular complexity index is 1000. The number of rotatable bonds is 4. The average molecular weight is 442 g/mol. The molecule has 1 saturated heterocycles. The lowest BCUT2D eigenvalue weighted by Gasteiger charge is -2.37. The Kier molecular flexibility index (Phi) is 6.07. The summed E-state index contributed by atoms with van der Waals surface area (Å²) in [6, 6.07) is 10.4. The number of sulfonamides is 1. The van der Waals surface area contributed by atoms with Crippen LogP contribution in [0.1, 0.15) is 15.9 Å². The fourth-order valence-electron chi connectivity index (χ4n) is 3.19. The molecule has 0 unspecified atom stereocenters. The first kappa shape index (κ1) is 20.8. The summed E-state index contributed by atoms with van der Waals surface area (Å²) >= 11 is 12.3. The van der Waals surface area contributed by atoms with E-state index in [9.17, 15) is 13.2 Å². The van der Waals surface area contributed by atoms with E-state index in [1.165, 1.54) is 12.1 Å². The Morgan fingerprint density at radius 1 is 1.04 bits per heavy atom. The van der Waals surface area contributed by atoms with Crippen molar-refractivity contribution < 1.29 is 13.2 Å². The number of nitrogens with one attached hydrogen (secondary N) is 1. The van der Waals surface area contributed by atoms with Gasteiger partial charge < -0.3 is 9.80 Å². The molecule has 0 saturated carbocycles. The third kappa shape index (κ3) is 4.90. The summed E-state index contributed by atoms with van der Waals surface area (Å²) in [5.41, 5.74) is 2.90. The summed E-state index contributed by atoms with van der Waals surface area (Å²) in [5, 5.41) is 0.876. The van der Waals surface area contributed by atoms with E-state index >= 15 is 0 Å². The number of carbonyl (C=O) groups excluding carboxylic acids is 1. The van der Waals surface area contributed by atoms with Crippen molar-refractivity contribution in [2.45, 2.75) is 6.92 Å². The van der Waals surface area contributed by atoms with E-state index in [-0.39, 0.29) is 16.6 Å². The third-order valence-electron chi connectivity index (χ3n) is 4.59. The van der Waals surface area contributed by atoms with E-state index in [0.29, 0.717) is 36.8 Å². The summed E-state index contributed by atoms with van der Waals surface area (Å²) < 4.78 is 25.0. The number of halogens is 2. The summed E-state index contributed by atoms with van der Waals surface area (Å²) in [6.45, 7) is 4.59. The molecule has 1 aliphatic heterocycles. The smallest absolute Gasteiger partial charge is 0.254 e. The zero-order chi connectivity index (χ0) is 20.5. The predicted molar refractivity (Wildman–Crippen MR) is 114 cm³/mol. The Balaban J connectivity index is 1.68. The Labute approximate surface area is 175 Å². The van der Waals surface area contributed by atoms with Crippen LogP contribution in [0.2, 0.25) is 10.0 Å². The van der Waals surface area contributed by atoms with Crippen molar-refractivity contribution in [3.63, 3.8) is 0 Å². The van der Waals surface area contributed by atoms with Gasteiger partial charge in [0.2, 0.25) is 10.0 Å². The molecule has 0 radical (unpaired) electrons. The molecule has 0 bridgehead atoms. The van der Waals surface area contributed by atoms with Gasteiger partial charge in [0.1, 0.15) is 0 Å². The van der Waals surface area contributed by atoms with E-state index < -0.39 is 10.0 Å². The lowest BCUT2D eigenvalue weighted by atomic mass is 10.1. The van der Waals surface area contributed by atoms with E-state index in [0.717, 1.165) is 17.5 Å². The molecule has 2 aromatic rings. The standard InChI is InChI=1S/C19H21Cl2N3O3S/c1-13-3-5-15(20)12-18(13)23-7-9-24(10-8-23)19(25)14-4-6-17(16(21)11-14)22-28(2,26)27/h3-6,11-12,22H,7-10H2,1-2H3. The molecule has 1 aliphatic rings. The number of hydrogen-bond acceptors (Lipinski definition) is 4. The summed E-state index contributed by atoms with van der Waals surface area (Å²) in [7, 11) is -3.44. The highest BCUT2D eigenvalue weighted by atomic mass is 35.5. The van der Waals surface area contributed by atoms with Crippen LogP contribution in [-0.4, -0.2) is 51.7 Å². The number of aryl methyl sites for hydroxylation is 1. The molecule has 28 heavy (non-hydrogen) atoms. The van der Waals surface area contributed by atoms with Crippen LogP contribution < -0.4 is 9.62 Å². The number of benzene rings is 2. The molecule has 6 nitrogen and oxygen atoms in total. The van der Waals surface area contributed by atoms with Crippen molar-refractivity contribution in [1.82, 2.24) is 4.90 Å². The highest BCUT2D eigenvalue weighted by molar-refractivity contribution is 7.92. The van der Waals surface area contributed by atoms with Gasteiger partial charge in [-0.15, -0.1) is 0 Å². The van der Waals surface area contributed by atoms with Gasteiger partial charge >= 0.3 is 0 Å². The largest absolute Gasteiger partial charge is 0.368 e. The van der Waals surface area contributed by atoms with Crippen molar-refractivity contribution in [3.8, 4) is 0 Å². The Morgan fingerprint density at radius 2 is 1.71 bits per heavy atom. The third-order valence-corrected chi connectivity index (χ3v) is 5.73. The molecule has 1 fully saturated rings. The number of nitrogens with zero attached hydrogens (tertiary/aromatic N) is 2. The average Bonchev–Trinajstić information content (AvgIpc) is 2.64. The van der Waals surface area contributed by atoms with Gasteiger partial charge in [-0.1, -0.05) is 29.3 Å². The molecular weight excluding hydrogens is 421 g/mol. The number of piperazine rings is 1. The summed E-state index contributed by atoms with van der Waals surface area (Å²) in [4.78, 5) is 16.8. The van der Waals surface area contributed by atoms with Crippen LogP contribution in [-0.2, 0) is 10.0 Å². The minimum absolute atomic E-state index is 0.129. The SMILES string of the molecule is Cc1ccc(Cl)cc1N1CCN(C(=O)c2ccc(NS(C)(=O)=O)c(Cl)c2)CC1. The van der Waals surface area contributed by atoms with E-state index in [2.05, 4.69) is 9.62 Å². The van der Waals surface area contributed by atoms with Gasteiger partial charge in [0, 0.05) is 42.5 Å². The predicted octanol–water partition coefficient (Wildman–Crippen LogP) is 3.64. The maximum absolute atomic E-state index is 12.8. The molecule has 1 amide bonds. The molecule has 1 heterocycles. The monoisotopic (exact) mass is 441 g/mol. The van der Waals surface area contributed by atoms with Crippen molar-refractivity contribution >= 4 is 50.5 Å². The maximum Gasteiger partial charge on any atom is 0.254 e. The lowest BCUT2D eigenvalue weighted by molar-refractivity contribution is 0.0747. The molecule has 9 heteroatoms. The van der Waals surface area contributed by atoms with Crippen LogP contribution in [0.25, 0.3) is 0 Å². The number of carbonyl (C=O) groups is 1. The maximum atomic E-state index is 12.8. The van der Waals surface area contributed by atoms with Gasteiger partial charge in [-0.3, -0.25) is 9.52 Å². The first-order valence-electron chi connectivity index (χ1n) is 8.72. The van der Waals surface area contributed by atoms with Crippen molar-refractivity contribution in [1.29, 1.82) is 0 Å². The summed E-state index contributed by atoms with van der Waals surface area (Å²) in [6.07, 6.45) is 1.05. The first-order chi connectivity index (χ1) is 13.1. The van der Waals surface area contributed by atoms with Crippen LogP contribution in [0.5, 0.6) is 0 Å². The van der Waals surface area contributed by atoms with Gasteiger partial charge in [0.15, 0.2) is 0 Å². The van der Waals surface area contributed by atoms with Gasteiger partial charge in [-0.05, 0) is 42.8 Å². The van der Waals surface area contributed by atoms with Gasteiger partial charge in [0.25, 0.3) is 5.91 Å². The quantitative estimate of drug-likeness (QED) is 0.785. The van der Waals surface area contributed by atoms with Crippen LogP contribution >= 0.6 is 23.2 Å². The summed E-state index contributed by atoms with van der Waals surface area (Å²) in [5.74, 6) is -0.129. The van der Waals surface area contributed by atoms with Gasteiger partial charge in [-0.25, -0.2) is 8.42 Å². The number of hydrogen-bond donors (Lipinski definition) is 1. The molecule has 0 aliphatic carbocycles. The Morgan fingerprint density at radius 3 is 2.32 bits per heavy atom. The van der Waals surface area contributed by atoms with Crippen molar-refractivity contribution in [2.75, 3.05) is 42.1 Å². The normalized spacial score (nSPS) is 14.9. The number of amides is 1. The zero-order valence-electron chi connectivity index (χ0n) is 15.6. The fourth-order valence-corrected chi connectivity index (χ4v) is 4.21. The molecule has 0 spiro atoms. The van der Waals surface area contributed by atoms with Crippen LogP contribution in [0.15, 0.2) is 36.4 Å². The topological polar surface area (TPSA) is 69.7 Å².